The summed E-state index contributed by atoms with van der Waals surface area (Å²) >= 11 is 0. The van der Waals surface area contributed by atoms with Crippen molar-refractivity contribution in [3.8, 4) is 5.75 Å². The lowest BCUT2D eigenvalue weighted by atomic mass is 9.71. The van der Waals surface area contributed by atoms with E-state index >= 15 is 0 Å². The topological polar surface area (TPSA) is 109 Å². The largest absolute Gasteiger partial charge is 0.483 e. The lowest BCUT2D eigenvalue weighted by Crippen LogP contribution is -2.58. The molecule has 40 heavy (non-hydrogen) atoms. The molecule has 8 heteroatoms. The highest BCUT2D eigenvalue weighted by Crippen LogP contribution is 2.40. The van der Waals surface area contributed by atoms with Gasteiger partial charge < -0.3 is 24.5 Å². The van der Waals surface area contributed by atoms with E-state index in [0.717, 1.165) is 42.2 Å². The SMILES string of the molecule is Cc1c(C)c2ccc(OCC(=O)N[C@@H](Cc3ccccc3)C(=O)N3CCC4(O)CCCCC4C3)c(C)c2oc1=O. The number of hydrogen-bond donors (Lipinski definition) is 2. The quantitative estimate of drug-likeness (QED) is 0.434. The summed E-state index contributed by atoms with van der Waals surface area (Å²) in [5.74, 6) is -0.0489. The van der Waals surface area contributed by atoms with Gasteiger partial charge in [-0.3, -0.25) is 9.59 Å². The van der Waals surface area contributed by atoms with Gasteiger partial charge in [0.05, 0.1) is 5.60 Å². The molecule has 2 N–H and O–H groups in total. The molecule has 212 valence electrons. The van der Waals surface area contributed by atoms with Crippen molar-refractivity contribution in [1.82, 2.24) is 10.2 Å². The molecule has 2 aliphatic rings. The zero-order valence-electron chi connectivity index (χ0n) is 23.5. The Labute approximate surface area is 234 Å². The molecule has 3 atom stereocenters. The molecule has 1 aliphatic carbocycles. The highest BCUT2D eigenvalue weighted by molar-refractivity contribution is 5.89. The van der Waals surface area contributed by atoms with Crippen molar-refractivity contribution < 1.29 is 23.8 Å². The van der Waals surface area contributed by atoms with Crippen LogP contribution in [0.1, 0.15) is 54.4 Å². The van der Waals surface area contributed by atoms with E-state index in [1.807, 2.05) is 43.3 Å². The molecule has 5 rings (SSSR count). The van der Waals surface area contributed by atoms with Crippen molar-refractivity contribution in [1.29, 1.82) is 0 Å². The first-order valence-electron chi connectivity index (χ1n) is 14.2. The van der Waals surface area contributed by atoms with E-state index < -0.39 is 23.2 Å². The number of carbonyl (C=O) groups is 2. The lowest BCUT2D eigenvalue weighted by molar-refractivity contribution is -0.147. The molecule has 0 spiro atoms. The Morgan fingerprint density at radius 2 is 1.85 bits per heavy atom. The van der Waals surface area contributed by atoms with E-state index in [-0.39, 0.29) is 18.4 Å². The number of benzene rings is 2. The van der Waals surface area contributed by atoms with Crippen LogP contribution in [0.5, 0.6) is 5.75 Å². The molecule has 2 aromatic carbocycles. The number of carbonyl (C=O) groups excluding carboxylic acids is 2. The third kappa shape index (κ3) is 5.63. The minimum Gasteiger partial charge on any atom is -0.483 e. The van der Waals surface area contributed by atoms with Crippen LogP contribution in [0, 0.1) is 26.7 Å². The van der Waals surface area contributed by atoms with Crippen LogP contribution in [0.3, 0.4) is 0 Å². The average Bonchev–Trinajstić information content (AvgIpc) is 2.95. The lowest BCUT2D eigenvalue weighted by Gasteiger charge is -2.48. The number of aliphatic hydroxyl groups is 1. The van der Waals surface area contributed by atoms with Gasteiger partial charge >= 0.3 is 5.63 Å². The van der Waals surface area contributed by atoms with Crippen molar-refractivity contribution in [2.75, 3.05) is 19.7 Å². The van der Waals surface area contributed by atoms with Crippen LogP contribution < -0.4 is 15.7 Å². The summed E-state index contributed by atoms with van der Waals surface area (Å²) in [6, 6.07) is 12.5. The number of amides is 2. The van der Waals surface area contributed by atoms with Crippen molar-refractivity contribution >= 4 is 22.8 Å². The summed E-state index contributed by atoms with van der Waals surface area (Å²) < 4.78 is 11.4. The van der Waals surface area contributed by atoms with Gasteiger partial charge in [0.25, 0.3) is 5.91 Å². The molecule has 1 saturated carbocycles. The summed E-state index contributed by atoms with van der Waals surface area (Å²) in [4.78, 5) is 40.8. The second-order valence-electron chi connectivity index (χ2n) is 11.4. The highest BCUT2D eigenvalue weighted by Gasteiger charge is 2.44. The van der Waals surface area contributed by atoms with Gasteiger partial charge in [-0.2, -0.15) is 0 Å². The first-order valence-corrected chi connectivity index (χ1v) is 14.2. The Morgan fingerprint density at radius 1 is 1.07 bits per heavy atom. The van der Waals surface area contributed by atoms with Gasteiger partial charge in [-0.1, -0.05) is 43.2 Å². The molecule has 2 amide bonds. The molecular weight excluding hydrogens is 508 g/mol. The molecule has 8 nitrogen and oxygen atoms in total. The molecule has 0 radical (unpaired) electrons. The van der Waals surface area contributed by atoms with Crippen LogP contribution in [-0.4, -0.2) is 53.2 Å². The fourth-order valence-electron chi connectivity index (χ4n) is 6.20. The maximum Gasteiger partial charge on any atom is 0.339 e. The summed E-state index contributed by atoms with van der Waals surface area (Å²) in [7, 11) is 0. The maximum absolute atomic E-state index is 13.7. The van der Waals surface area contributed by atoms with E-state index in [0.29, 0.717) is 48.4 Å². The third-order valence-electron chi connectivity index (χ3n) is 8.84. The van der Waals surface area contributed by atoms with Crippen LogP contribution in [0.4, 0.5) is 0 Å². The number of nitrogens with zero attached hydrogens (tertiary/aromatic N) is 1. The predicted octanol–water partition coefficient (Wildman–Crippen LogP) is 3.98. The number of nitrogens with one attached hydrogen (secondary N) is 1. The fraction of sp³-hybridized carbons (Fsp3) is 0.469. The van der Waals surface area contributed by atoms with Crippen molar-refractivity contribution in [3.05, 3.63) is 75.1 Å². The maximum atomic E-state index is 13.7. The number of aryl methyl sites for hydroxylation is 2. The zero-order valence-corrected chi connectivity index (χ0v) is 23.5. The molecule has 3 aromatic rings. The molecule has 2 heterocycles. The first-order chi connectivity index (χ1) is 19.2. The van der Waals surface area contributed by atoms with Crippen molar-refractivity contribution in [2.24, 2.45) is 5.92 Å². The van der Waals surface area contributed by atoms with E-state index in [4.69, 9.17) is 9.15 Å². The molecule has 1 aromatic heterocycles. The van der Waals surface area contributed by atoms with E-state index in [2.05, 4.69) is 5.32 Å². The summed E-state index contributed by atoms with van der Waals surface area (Å²) in [5.41, 5.74) is 2.36. The second-order valence-corrected chi connectivity index (χ2v) is 11.4. The Bertz CT molecular complexity index is 1470. The number of fused-ring (bicyclic) bond motifs is 2. The highest BCUT2D eigenvalue weighted by atomic mass is 16.5. The molecule has 2 fully saturated rings. The Hall–Kier alpha value is -3.65. The first kappa shape index (κ1) is 27.9. The van der Waals surface area contributed by atoms with Gasteiger partial charge in [-0.05, 0) is 63.3 Å². The van der Waals surface area contributed by atoms with Crippen LogP contribution in [0.2, 0.25) is 0 Å². The van der Waals surface area contributed by atoms with Crippen LogP contribution in [0.15, 0.2) is 51.7 Å². The van der Waals surface area contributed by atoms with Gasteiger partial charge in [0.1, 0.15) is 17.4 Å². The minimum absolute atomic E-state index is 0.0683. The Kier molecular flexibility index (Phi) is 7.99. The van der Waals surface area contributed by atoms with Crippen LogP contribution in [0.25, 0.3) is 11.0 Å². The number of hydrogen-bond acceptors (Lipinski definition) is 6. The minimum atomic E-state index is -0.755. The normalized spacial score (nSPS) is 21.5. The van der Waals surface area contributed by atoms with Gasteiger partial charge in [0.2, 0.25) is 5.91 Å². The van der Waals surface area contributed by atoms with Crippen molar-refractivity contribution in [3.63, 3.8) is 0 Å². The van der Waals surface area contributed by atoms with Gasteiger partial charge in [-0.25, -0.2) is 4.79 Å². The summed E-state index contributed by atoms with van der Waals surface area (Å²) in [6.07, 6.45) is 4.71. The van der Waals surface area contributed by atoms with E-state index in [1.54, 1.807) is 24.8 Å². The van der Waals surface area contributed by atoms with E-state index in [9.17, 15) is 19.5 Å². The third-order valence-corrected chi connectivity index (χ3v) is 8.84. The second kappa shape index (κ2) is 11.5. The molecule has 1 aliphatic heterocycles. The number of ether oxygens (including phenoxy) is 1. The number of likely N-dealkylation sites (tertiary alicyclic amines) is 1. The zero-order chi connectivity index (χ0) is 28.4. The van der Waals surface area contributed by atoms with Gasteiger partial charge in [0, 0.05) is 41.9 Å². The summed E-state index contributed by atoms with van der Waals surface area (Å²) in [5, 5.41) is 14.8. The van der Waals surface area contributed by atoms with Gasteiger partial charge in [-0.15, -0.1) is 0 Å². The molecular formula is C32H38N2O6. The molecule has 0 bridgehead atoms. The van der Waals surface area contributed by atoms with Crippen LogP contribution >= 0.6 is 0 Å². The smallest absolute Gasteiger partial charge is 0.339 e. The van der Waals surface area contributed by atoms with Crippen molar-refractivity contribution in [2.45, 2.75) is 70.9 Å². The Morgan fingerprint density at radius 3 is 2.62 bits per heavy atom. The fourth-order valence-corrected chi connectivity index (χ4v) is 6.20. The number of rotatable bonds is 7. The predicted molar refractivity (Wildman–Crippen MR) is 152 cm³/mol. The number of piperidine rings is 1. The van der Waals surface area contributed by atoms with Gasteiger partial charge in [0.15, 0.2) is 6.61 Å². The standard InChI is InChI=1S/C32H38N2O6/c1-20-21(2)31(37)40-29-22(3)27(13-12-25(20)29)39-19-28(35)33-26(17-23-9-5-4-6-10-23)30(36)34-16-15-32(38)14-8-7-11-24(32)18-34/h4-6,9-10,12-13,24,26,38H,7-8,11,14-19H2,1-3H3,(H,33,35)/t24?,26-,32?/m0/s1. The molecule has 1 saturated heterocycles. The summed E-state index contributed by atoms with van der Waals surface area (Å²) in [6.45, 7) is 6.09. The average molecular weight is 547 g/mol. The monoisotopic (exact) mass is 546 g/mol. The molecule has 2 unspecified atom stereocenters. The van der Waals surface area contributed by atoms with E-state index in [1.165, 1.54) is 0 Å². The Balaban J connectivity index is 1.29. The van der Waals surface area contributed by atoms with Crippen LogP contribution in [-0.2, 0) is 16.0 Å².